The van der Waals surface area contributed by atoms with E-state index in [9.17, 15) is 0 Å². The molecule has 33 heavy (non-hydrogen) atoms. The summed E-state index contributed by atoms with van der Waals surface area (Å²) >= 11 is 0. The summed E-state index contributed by atoms with van der Waals surface area (Å²) in [5.41, 5.74) is 6.12. The Bertz CT molecular complexity index is 1140. The molecule has 0 fully saturated rings. The van der Waals surface area contributed by atoms with E-state index < -0.39 is 0 Å². The number of hydrogen-bond donors (Lipinski definition) is 0. The molecule has 4 nitrogen and oxygen atoms in total. The van der Waals surface area contributed by atoms with E-state index >= 15 is 0 Å². The molecule has 4 aromatic rings. The number of hydrogen-bond acceptors (Lipinski definition) is 4. The summed E-state index contributed by atoms with van der Waals surface area (Å²) in [5.74, 6) is 1.59. The number of methoxy groups -OCH3 is 1. The van der Waals surface area contributed by atoms with Gasteiger partial charge in [-0.3, -0.25) is 4.90 Å². The van der Waals surface area contributed by atoms with Crippen molar-refractivity contribution < 1.29 is 9.47 Å². The van der Waals surface area contributed by atoms with Crippen LogP contribution in [0.2, 0.25) is 0 Å². The number of fused-ring (bicyclic) bond motifs is 1. The Labute approximate surface area is 195 Å². The monoisotopic (exact) mass is 436 g/mol. The third kappa shape index (κ3) is 4.91. The van der Waals surface area contributed by atoms with Gasteiger partial charge in [-0.15, -0.1) is 0 Å². The number of aromatic nitrogens is 1. The lowest BCUT2D eigenvalue weighted by Gasteiger charge is -2.36. The van der Waals surface area contributed by atoms with Crippen LogP contribution in [0.15, 0.2) is 97.2 Å². The number of pyridine rings is 1. The highest BCUT2D eigenvalue weighted by molar-refractivity contribution is 5.70. The van der Waals surface area contributed by atoms with Crippen LogP contribution in [0.3, 0.4) is 0 Å². The third-order valence-corrected chi connectivity index (χ3v) is 6.23. The minimum Gasteiger partial charge on any atom is -0.492 e. The summed E-state index contributed by atoms with van der Waals surface area (Å²) in [7, 11) is 1.64. The first kappa shape index (κ1) is 21.2. The van der Waals surface area contributed by atoms with E-state index in [2.05, 4.69) is 94.8 Å². The van der Waals surface area contributed by atoms with Crippen LogP contribution in [0.25, 0.3) is 11.1 Å². The van der Waals surface area contributed by atoms with Crippen molar-refractivity contribution in [2.75, 3.05) is 13.7 Å². The van der Waals surface area contributed by atoms with Crippen molar-refractivity contribution in [3.63, 3.8) is 0 Å². The maximum Gasteiger partial charge on any atom is 0.212 e. The topological polar surface area (TPSA) is 34.6 Å². The number of nitrogens with zero attached hydrogens (tertiary/aromatic N) is 2. The van der Waals surface area contributed by atoms with Crippen molar-refractivity contribution >= 4 is 0 Å². The summed E-state index contributed by atoms with van der Waals surface area (Å²) in [5, 5.41) is 0. The molecule has 0 saturated carbocycles. The van der Waals surface area contributed by atoms with E-state index in [1.54, 1.807) is 7.11 Å². The normalized spacial score (nSPS) is 15.0. The molecule has 0 N–H and O–H groups in total. The molecule has 0 saturated heterocycles. The largest absolute Gasteiger partial charge is 0.492 e. The Morgan fingerprint density at radius 1 is 0.848 bits per heavy atom. The highest BCUT2D eigenvalue weighted by Crippen LogP contribution is 2.36. The molecule has 166 valence electrons. The van der Waals surface area contributed by atoms with E-state index in [1.807, 2.05) is 12.3 Å². The zero-order valence-electron chi connectivity index (χ0n) is 18.9. The quantitative estimate of drug-likeness (QED) is 0.369. The van der Waals surface area contributed by atoms with Crippen LogP contribution in [0, 0.1) is 0 Å². The molecule has 0 aliphatic carbocycles. The van der Waals surface area contributed by atoms with Crippen molar-refractivity contribution in [2.24, 2.45) is 0 Å². The Hall–Kier alpha value is -3.63. The minimum atomic E-state index is 0.269. The molecule has 0 radical (unpaired) electrons. The van der Waals surface area contributed by atoms with Gasteiger partial charge < -0.3 is 9.47 Å². The molecule has 1 aliphatic heterocycles. The first-order valence-electron chi connectivity index (χ1n) is 11.4. The second-order valence-corrected chi connectivity index (χ2v) is 8.42. The molecular weight excluding hydrogens is 408 g/mol. The van der Waals surface area contributed by atoms with Crippen LogP contribution in [0.4, 0.5) is 0 Å². The minimum absolute atomic E-state index is 0.269. The first-order chi connectivity index (χ1) is 16.3. The van der Waals surface area contributed by atoms with Gasteiger partial charge in [-0.05, 0) is 35.2 Å². The lowest BCUT2D eigenvalue weighted by Crippen LogP contribution is -2.42. The first-order valence-corrected chi connectivity index (χ1v) is 11.4. The van der Waals surface area contributed by atoms with E-state index in [4.69, 9.17) is 9.47 Å². The van der Waals surface area contributed by atoms with E-state index in [-0.39, 0.29) is 6.04 Å². The highest BCUT2D eigenvalue weighted by atomic mass is 16.5. The molecule has 0 spiro atoms. The summed E-state index contributed by atoms with van der Waals surface area (Å²) in [6.07, 6.45) is 2.81. The second kappa shape index (κ2) is 9.88. The highest BCUT2D eigenvalue weighted by Gasteiger charge is 2.28. The lowest BCUT2D eigenvalue weighted by atomic mass is 9.92. The van der Waals surface area contributed by atoms with Crippen LogP contribution in [0.5, 0.6) is 11.6 Å². The van der Waals surface area contributed by atoms with Crippen LogP contribution in [-0.4, -0.2) is 29.6 Å². The molecule has 4 heteroatoms. The summed E-state index contributed by atoms with van der Waals surface area (Å²) < 4.78 is 11.5. The maximum atomic E-state index is 6.31. The summed E-state index contributed by atoms with van der Waals surface area (Å²) in [6, 6.07) is 31.9. The van der Waals surface area contributed by atoms with Gasteiger partial charge in [-0.1, -0.05) is 72.8 Å². The maximum absolute atomic E-state index is 6.31. The molecule has 2 heterocycles. The molecule has 1 unspecified atom stereocenters. The Morgan fingerprint density at radius 3 is 2.15 bits per heavy atom. The summed E-state index contributed by atoms with van der Waals surface area (Å²) in [4.78, 5) is 6.95. The molecule has 0 amide bonds. The Morgan fingerprint density at radius 2 is 1.55 bits per heavy atom. The third-order valence-electron chi connectivity index (χ3n) is 6.23. The smallest absolute Gasteiger partial charge is 0.212 e. The van der Waals surface area contributed by atoms with Crippen molar-refractivity contribution in [3.8, 4) is 22.8 Å². The van der Waals surface area contributed by atoms with Crippen molar-refractivity contribution in [1.29, 1.82) is 0 Å². The standard InChI is InChI=1S/C29H28N2O2/c1-32-29-16-15-24(18-30-29)26-13-8-14-28-27(26)17-25(21-33-28)31(19-22-9-4-2-5-10-22)20-23-11-6-3-7-12-23/h2-16,18,25H,17,19-21H2,1H3. The van der Waals surface area contributed by atoms with Gasteiger partial charge in [0.15, 0.2) is 0 Å². The lowest BCUT2D eigenvalue weighted by molar-refractivity contribution is 0.106. The van der Waals surface area contributed by atoms with Gasteiger partial charge in [0, 0.05) is 42.5 Å². The van der Waals surface area contributed by atoms with Crippen molar-refractivity contribution in [1.82, 2.24) is 9.88 Å². The van der Waals surface area contributed by atoms with E-state index in [0.717, 1.165) is 30.8 Å². The molecule has 1 atom stereocenters. The number of rotatable bonds is 7. The number of ether oxygens (including phenoxy) is 2. The summed E-state index contributed by atoms with van der Waals surface area (Å²) in [6.45, 7) is 2.44. The van der Waals surface area contributed by atoms with Crippen LogP contribution < -0.4 is 9.47 Å². The number of benzene rings is 3. The van der Waals surface area contributed by atoms with Crippen molar-refractivity contribution in [2.45, 2.75) is 25.6 Å². The zero-order valence-corrected chi connectivity index (χ0v) is 18.9. The Balaban J connectivity index is 1.45. The average molecular weight is 437 g/mol. The molecule has 5 rings (SSSR count). The van der Waals surface area contributed by atoms with Gasteiger partial charge in [0.2, 0.25) is 5.88 Å². The van der Waals surface area contributed by atoms with Gasteiger partial charge in [0.1, 0.15) is 12.4 Å². The van der Waals surface area contributed by atoms with Gasteiger partial charge in [0.05, 0.1) is 7.11 Å². The fourth-order valence-corrected chi connectivity index (χ4v) is 4.51. The molecular formula is C29H28N2O2. The molecule has 0 bridgehead atoms. The van der Waals surface area contributed by atoms with Crippen LogP contribution in [-0.2, 0) is 19.5 Å². The average Bonchev–Trinajstić information content (AvgIpc) is 2.89. The fourth-order valence-electron chi connectivity index (χ4n) is 4.51. The van der Waals surface area contributed by atoms with Gasteiger partial charge in [-0.2, -0.15) is 0 Å². The predicted molar refractivity (Wildman–Crippen MR) is 131 cm³/mol. The van der Waals surface area contributed by atoms with E-state index in [1.165, 1.54) is 22.3 Å². The molecule has 3 aromatic carbocycles. The van der Waals surface area contributed by atoms with Crippen LogP contribution in [0.1, 0.15) is 16.7 Å². The fraction of sp³-hybridized carbons (Fsp3) is 0.207. The second-order valence-electron chi connectivity index (χ2n) is 8.42. The van der Waals surface area contributed by atoms with Crippen LogP contribution >= 0.6 is 0 Å². The van der Waals surface area contributed by atoms with E-state index in [0.29, 0.717) is 12.5 Å². The molecule has 1 aliphatic rings. The predicted octanol–water partition coefficient (Wildman–Crippen LogP) is 5.76. The van der Waals surface area contributed by atoms with Gasteiger partial charge in [-0.25, -0.2) is 4.98 Å². The van der Waals surface area contributed by atoms with Crippen molar-refractivity contribution in [3.05, 3.63) is 114 Å². The SMILES string of the molecule is COc1ccc(-c2cccc3c2CC(N(Cc2ccccc2)Cc2ccccc2)CO3)cn1. The Kier molecular flexibility index (Phi) is 6.36. The molecule has 1 aromatic heterocycles. The van der Waals surface area contributed by atoms with Gasteiger partial charge in [0.25, 0.3) is 0 Å². The zero-order chi connectivity index (χ0) is 22.5. The van der Waals surface area contributed by atoms with Gasteiger partial charge >= 0.3 is 0 Å².